The fraction of sp³-hybridized carbons (Fsp3) is 0.739. The highest BCUT2D eigenvalue weighted by Crippen LogP contribution is 2.19. The zero-order valence-electron chi connectivity index (χ0n) is 17.7. The zero-order chi connectivity index (χ0) is 18.5. The van der Waals surface area contributed by atoms with Crippen LogP contribution in [0.15, 0.2) is 24.3 Å². The second-order valence-corrected chi connectivity index (χ2v) is 7.76. The van der Waals surface area contributed by atoms with Crippen LogP contribution in [0.3, 0.4) is 0 Å². The molecular weight excluding hydrogens is 304 g/mol. The van der Waals surface area contributed by atoms with Gasteiger partial charge in [-0.2, -0.15) is 0 Å². The molecule has 144 valence electrons. The number of benzene rings is 1. The van der Waals surface area contributed by atoms with E-state index in [4.69, 9.17) is 0 Å². The van der Waals surface area contributed by atoms with Crippen molar-refractivity contribution in [2.75, 3.05) is 32.7 Å². The first-order valence-electron chi connectivity index (χ1n) is 10.8. The fourth-order valence-corrected chi connectivity index (χ4v) is 4.29. The van der Waals surface area contributed by atoms with E-state index in [-0.39, 0.29) is 0 Å². The predicted molar refractivity (Wildman–Crippen MR) is 112 cm³/mol. The molecule has 0 aromatic heterocycles. The maximum Gasteiger partial charge on any atom is 0.104 e. The first kappa shape index (κ1) is 22.2. The van der Waals surface area contributed by atoms with Crippen LogP contribution >= 0.6 is 0 Å². The molecule has 2 nitrogen and oxygen atoms in total. The quantitative estimate of drug-likeness (QED) is 0.381. The molecule has 0 radical (unpaired) electrons. The van der Waals surface area contributed by atoms with Crippen molar-refractivity contribution >= 4 is 0 Å². The molecule has 0 unspecified atom stereocenters. The summed E-state index contributed by atoms with van der Waals surface area (Å²) in [5.41, 5.74) is 2.97. The van der Waals surface area contributed by atoms with Gasteiger partial charge in [-0.25, -0.2) is 0 Å². The molecule has 0 aliphatic rings. The third kappa shape index (κ3) is 7.92. The molecule has 0 aliphatic heterocycles. The lowest BCUT2D eigenvalue weighted by Crippen LogP contribution is -2.48. The third-order valence-corrected chi connectivity index (χ3v) is 5.12. The molecular formula is C23H43N2+. The summed E-state index contributed by atoms with van der Waals surface area (Å²) in [6.07, 6.45) is 6.31. The van der Waals surface area contributed by atoms with Crippen LogP contribution in [-0.2, 0) is 13.1 Å². The van der Waals surface area contributed by atoms with Crippen molar-refractivity contribution < 1.29 is 4.48 Å². The molecule has 0 N–H and O–H groups in total. The minimum absolute atomic E-state index is 1.10. The molecule has 0 saturated heterocycles. The van der Waals surface area contributed by atoms with Crippen LogP contribution in [0.1, 0.15) is 77.8 Å². The van der Waals surface area contributed by atoms with Crippen molar-refractivity contribution in [3.05, 3.63) is 35.4 Å². The molecule has 0 bridgehead atoms. The number of quaternary nitrogens is 1. The summed E-state index contributed by atoms with van der Waals surface area (Å²) in [6, 6.07) is 9.51. The summed E-state index contributed by atoms with van der Waals surface area (Å²) in [4.78, 5) is 2.58. The lowest BCUT2D eigenvalue weighted by molar-refractivity contribution is -0.941. The van der Waals surface area contributed by atoms with E-state index in [1.54, 1.807) is 0 Å². The van der Waals surface area contributed by atoms with Gasteiger partial charge in [0, 0.05) is 12.1 Å². The lowest BCUT2D eigenvalue weighted by atomic mass is 10.1. The summed E-state index contributed by atoms with van der Waals surface area (Å²) < 4.78 is 1.26. The van der Waals surface area contributed by atoms with Crippen molar-refractivity contribution in [3.63, 3.8) is 0 Å². The monoisotopic (exact) mass is 347 g/mol. The SMILES string of the molecule is CCCN(CCC)Cc1ccc(C[N+](CCC)(CCC)CCC)cc1. The van der Waals surface area contributed by atoms with Crippen molar-refractivity contribution in [3.8, 4) is 0 Å². The average molecular weight is 348 g/mol. The average Bonchev–Trinajstić information content (AvgIpc) is 2.58. The summed E-state index contributed by atoms with van der Waals surface area (Å²) >= 11 is 0. The Balaban J connectivity index is 2.78. The van der Waals surface area contributed by atoms with Crippen LogP contribution in [0.5, 0.6) is 0 Å². The number of hydrogen-bond donors (Lipinski definition) is 0. The number of hydrogen-bond acceptors (Lipinski definition) is 1. The second kappa shape index (κ2) is 12.5. The molecule has 1 rings (SSSR count). The summed E-state index contributed by atoms with van der Waals surface area (Å²) in [5, 5.41) is 0. The maximum atomic E-state index is 2.58. The van der Waals surface area contributed by atoms with Gasteiger partial charge in [-0.05, 0) is 50.8 Å². The van der Waals surface area contributed by atoms with Gasteiger partial charge in [0.15, 0.2) is 0 Å². The lowest BCUT2D eigenvalue weighted by Gasteiger charge is -2.38. The van der Waals surface area contributed by atoms with Gasteiger partial charge in [-0.1, -0.05) is 58.9 Å². The van der Waals surface area contributed by atoms with E-state index >= 15 is 0 Å². The summed E-state index contributed by atoms with van der Waals surface area (Å²) in [7, 11) is 0. The highest BCUT2D eigenvalue weighted by molar-refractivity contribution is 5.22. The Kier molecular flexibility index (Phi) is 11.1. The molecule has 0 fully saturated rings. The van der Waals surface area contributed by atoms with E-state index in [1.807, 2.05) is 0 Å². The van der Waals surface area contributed by atoms with Gasteiger partial charge < -0.3 is 4.48 Å². The van der Waals surface area contributed by atoms with E-state index in [1.165, 1.54) is 87.0 Å². The standard InChI is InChI=1S/C23H43N2/c1-6-15-24(16-7-2)20-22-11-13-23(14-12-22)21-25(17-8-3,18-9-4)19-10-5/h11-14H,6-10,15-21H2,1-5H3/q+1. The van der Waals surface area contributed by atoms with Gasteiger partial charge in [0.2, 0.25) is 0 Å². The minimum atomic E-state index is 1.10. The Morgan fingerprint density at radius 1 is 0.640 bits per heavy atom. The van der Waals surface area contributed by atoms with Crippen LogP contribution in [-0.4, -0.2) is 42.1 Å². The van der Waals surface area contributed by atoms with Gasteiger partial charge in [0.1, 0.15) is 6.54 Å². The van der Waals surface area contributed by atoms with E-state index < -0.39 is 0 Å². The van der Waals surface area contributed by atoms with Crippen molar-refractivity contribution in [1.29, 1.82) is 0 Å². The van der Waals surface area contributed by atoms with E-state index in [0.29, 0.717) is 0 Å². The highest BCUT2D eigenvalue weighted by Gasteiger charge is 2.24. The van der Waals surface area contributed by atoms with Gasteiger partial charge in [-0.15, -0.1) is 0 Å². The molecule has 1 aromatic carbocycles. The molecule has 0 spiro atoms. The molecule has 0 amide bonds. The van der Waals surface area contributed by atoms with Crippen molar-refractivity contribution in [2.24, 2.45) is 0 Å². The minimum Gasteiger partial charge on any atom is -0.320 e. The van der Waals surface area contributed by atoms with Crippen LogP contribution in [0, 0.1) is 0 Å². The van der Waals surface area contributed by atoms with Crippen LogP contribution < -0.4 is 0 Å². The van der Waals surface area contributed by atoms with Crippen molar-refractivity contribution in [2.45, 2.75) is 79.8 Å². The summed E-state index contributed by atoms with van der Waals surface area (Å²) in [5.74, 6) is 0. The first-order valence-corrected chi connectivity index (χ1v) is 10.8. The fourth-order valence-electron chi connectivity index (χ4n) is 4.29. The molecule has 25 heavy (non-hydrogen) atoms. The van der Waals surface area contributed by atoms with Gasteiger partial charge >= 0.3 is 0 Å². The van der Waals surface area contributed by atoms with E-state index in [9.17, 15) is 0 Å². The molecule has 0 aliphatic carbocycles. The largest absolute Gasteiger partial charge is 0.320 e. The molecule has 0 heterocycles. The van der Waals surface area contributed by atoms with Crippen LogP contribution in [0.4, 0.5) is 0 Å². The Labute approximate surface area is 157 Å². The van der Waals surface area contributed by atoms with Crippen LogP contribution in [0.25, 0.3) is 0 Å². The Hall–Kier alpha value is -0.860. The third-order valence-electron chi connectivity index (χ3n) is 5.12. The van der Waals surface area contributed by atoms with E-state index in [2.05, 4.69) is 63.8 Å². The Morgan fingerprint density at radius 3 is 1.48 bits per heavy atom. The van der Waals surface area contributed by atoms with Gasteiger partial charge in [-0.3, -0.25) is 4.90 Å². The number of nitrogens with zero attached hydrogens (tertiary/aromatic N) is 2. The zero-order valence-corrected chi connectivity index (χ0v) is 17.7. The van der Waals surface area contributed by atoms with Gasteiger partial charge in [0.05, 0.1) is 19.6 Å². The predicted octanol–water partition coefficient (Wildman–Crippen LogP) is 5.86. The van der Waals surface area contributed by atoms with E-state index in [0.717, 1.165) is 6.54 Å². The second-order valence-electron chi connectivity index (χ2n) is 7.76. The van der Waals surface area contributed by atoms with Crippen LogP contribution in [0.2, 0.25) is 0 Å². The van der Waals surface area contributed by atoms with Gasteiger partial charge in [0.25, 0.3) is 0 Å². The molecule has 0 saturated carbocycles. The number of rotatable bonds is 14. The molecule has 0 atom stereocenters. The summed E-state index contributed by atoms with van der Waals surface area (Å²) in [6.45, 7) is 20.2. The topological polar surface area (TPSA) is 3.24 Å². The smallest absolute Gasteiger partial charge is 0.104 e. The maximum absolute atomic E-state index is 2.58. The molecule has 1 aromatic rings. The molecule has 2 heteroatoms. The van der Waals surface area contributed by atoms with Crippen molar-refractivity contribution in [1.82, 2.24) is 4.90 Å². The Bertz CT molecular complexity index is 415. The first-order chi connectivity index (χ1) is 12.1. The normalized spacial score (nSPS) is 12.1. The highest BCUT2D eigenvalue weighted by atomic mass is 15.3. The Morgan fingerprint density at radius 2 is 1.08 bits per heavy atom.